The highest BCUT2D eigenvalue weighted by atomic mass is 16.5. The van der Waals surface area contributed by atoms with Crippen molar-refractivity contribution >= 4 is 23.4 Å². The number of hydrogen-bond acceptors (Lipinski definition) is 5. The lowest BCUT2D eigenvalue weighted by Crippen LogP contribution is -2.50. The van der Waals surface area contributed by atoms with Crippen LogP contribution in [0.1, 0.15) is 24.2 Å². The molecule has 0 radical (unpaired) electrons. The normalized spacial score (nSPS) is 13.9. The lowest BCUT2D eigenvalue weighted by atomic mass is 10.1. The minimum absolute atomic E-state index is 0.107. The topological polar surface area (TPSA) is 71.1 Å². The molecule has 1 aliphatic heterocycles. The Labute approximate surface area is 171 Å². The summed E-state index contributed by atoms with van der Waals surface area (Å²) in [6.45, 7) is 6.36. The predicted molar refractivity (Wildman–Crippen MR) is 113 cm³/mol. The van der Waals surface area contributed by atoms with E-state index in [-0.39, 0.29) is 18.1 Å². The number of carbonyl (C=O) groups excluding carboxylic acids is 2. The third-order valence-corrected chi connectivity index (χ3v) is 4.69. The van der Waals surface area contributed by atoms with Crippen molar-refractivity contribution in [1.82, 2.24) is 4.90 Å². The number of urea groups is 1. The van der Waals surface area contributed by atoms with E-state index in [1.807, 2.05) is 56.3 Å². The van der Waals surface area contributed by atoms with Crippen LogP contribution in [0.25, 0.3) is 0 Å². The minimum atomic E-state index is -0.356. The molecule has 0 aromatic heterocycles. The number of hydrogen-bond donors (Lipinski definition) is 1. The van der Waals surface area contributed by atoms with Gasteiger partial charge in [-0.1, -0.05) is 12.1 Å². The lowest BCUT2D eigenvalue weighted by Gasteiger charge is -2.36. The standard InChI is InChI=1S/C22H27N3O4/c1-16(2)29-18-10-8-17(9-11-18)23-22(27)25-14-12-24(13-15-25)20-7-5-4-6-19(20)21(26)28-3/h4-11,16H,12-15H2,1-3H3,(H,23,27). The van der Waals surface area contributed by atoms with E-state index in [2.05, 4.69) is 10.2 Å². The van der Waals surface area contributed by atoms with Crippen LogP contribution in [0.2, 0.25) is 0 Å². The number of nitrogens with zero attached hydrogens (tertiary/aromatic N) is 2. The summed E-state index contributed by atoms with van der Waals surface area (Å²) in [7, 11) is 1.38. The smallest absolute Gasteiger partial charge is 0.339 e. The van der Waals surface area contributed by atoms with Gasteiger partial charge in [0.25, 0.3) is 0 Å². The van der Waals surface area contributed by atoms with E-state index in [4.69, 9.17) is 9.47 Å². The summed E-state index contributed by atoms with van der Waals surface area (Å²) in [5.41, 5.74) is 2.10. The molecule has 2 aromatic rings. The summed E-state index contributed by atoms with van der Waals surface area (Å²) in [6.07, 6.45) is 0.107. The van der Waals surface area contributed by atoms with Crippen LogP contribution in [0.15, 0.2) is 48.5 Å². The van der Waals surface area contributed by atoms with Crippen molar-refractivity contribution in [3.8, 4) is 5.75 Å². The molecule has 2 aromatic carbocycles. The maximum Gasteiger partial charge on any atom is 0.339 e. The van der Waals surface area contributed by atoms with Gasteiger partial charge in [0.15, 0.2) is 0 Å². The first-order valence-electron chi connectivity index (χ1n) is 9.73. The Balaban J connectivity index is 1.57. The summed E-state index contributed by atoms with van der Waals surface area (Å²) < 4.78 is 10.5. The number of anilines is 2. The Hall–Kier alpha value is -3.22. The summed E-state index contributed by atoms with van der Waals surface area (Å²) in [4.78, 5) is 28.5. The second-order valence-corrected chi connectivity index (χ2v) is 7.10. The maximum atomic E-state index is 12.6. The van der Waals surface area contributed by atoms with Crippen molar-refractivity contribution in [3.63, 3.8) is 0 Å². The molecule has 2 amide bonds. The van der Waals surface area contributed by atoms with Gasteiger partial charge in [0, 0.05) is 31.9 Å². The Kier molecular flexibility index (Phi) is 6.59. The molecule has 0 atom stereocenters. The van der Waals surface area contributed by atoms with Gasteiger partial charge in [-0.05, 0) is 50.2 Å². The number of methoxy groups -OCH3 is 1. The number of piperazine rings is 1. The van der Waals surface area contributed by atoms with E-state index < -0.39 is 0 Å². The van der Waals surface area contributed by atoms with Crippen molar-refractivity contribution in [2.75, 3.05) is 43.5 Å². The van der Waals surface area contributed by atoms with E-state index in [1.165, 1.54) is 7.11 Å². The SMILES string of the molecule is COC(=O)c1ccccc1N1CCN(C(=O)Nc2ccc(OC(C)C)cc2)CC1. The molecular formula is C22H27N3O4. The monoisotopic (exact) mass is 397 g/mol. The van der Waals surface area contributed by atoms with Gasteiger partial charge in [-0.15, -0.1) is 0 Å². The first kappa shape index (κ1) is 20.5. The number of amides is 2. The van der Waals surface area contributed by atoms with Crippen molar-refractivity contribution in [3.05, 3.63) is 54.1 Å². The summed E-state index contributed by atoms with van der Waals surface area (Å²) in [5.74, 6) is 0.418. The molecule has 0 saturated carbocycles. The fraction of sp³-hybridized carbons (Fsp3) is 0.364. The van der Waals surface area contributed by atoms with E-state index in [1.54, 1.807) is 11.0 Å². The molecule has 1 N–H and O–H groups in total. The Morgan fingerprint density at radius 2 is 1.62 bits per heavy atom. The zero-order valence-electron chi connectivity index (χ0n) is 17.1. The van der Waals surface area contributed by atoms with Gasteiger partial charge < -0.3 is 24.6 Å². The van der Waals surface area contributed by atoms with Crippen LogP contribution in [-0.4, -0.2) is 56.3 Å². The number of esters is 1. The van der Waals surface area contributed by atoms with E-state index >= 15 is 0 Å². The molecule has 154 valence electrons. The molecule has 0 bridgehead atoms. The molecule has 0 aliphatic carbocycles. The molecule has 29 heavy (non-hydrogen) atoms. The Bertz CT molecular complexity index is 843. The number of benzene rings is 2. The van der Waals surface area contributed by atoms with Gasteiger partial charge in [-0.3, -0.25) is 0 Å². The van der Waals surface area contributed by atoms with Crippen LogP contribution < -0.4 is 15.0 Å². The molecule has 1 saturated heterocycles. The van der Waals surface area contributed by atoms with Crippen LogP contribution in [0.3, 0.4) is 0 Å². The highest BCUT2D eigenvalue weighted by molar-refractivity contribution is 5.96. The van der Waals surface area contributed by atoms with Crippen molar-refractivity contribution in [2.45, 2.75) is 20.0 Å². The fourth-order valence-electron chi connectivity index (χ4n) is 3.27. The zero-order chi connectivity index (χ0) is 20.8. The molecular weight excluding hydrogens is 370 g/mol. The number of nitrogens with one attached hydrogen (secondary N) is 1. The molecule has 1 heterocycles. The minimum Gasteiger partial charge on any atom is -0.491 e. The summed E-state index contributed by atoms with van der Waals surface area (Å²) >= 11 is 0. The van der Waals surface area contributed by atoms with Gasteiger partial charge in [0.1, 0.15) is 5.75 Å². The highest BCUT2D eigenvalue weighted by Gasteiger charge is 2.24. The van der Waals surface area contributed by atoms with Gasteiger partial charge in [0.2, 0.25) is 0 Å². The molecule has 3 rings (SSSR count). The first-order valence-corrected chi connectivity index (χ1v) is 9.73. The Morgan fingerprint density at radius 3 is 2.24 bits per heavy atom. The van der Waals surface area contributed by atoms with Crippen LogP contribution in [-0.2, 0) is 4.74 Å². The molecule has 0 spiro atoms. The highest BCUT2D eigenvalue weighted by Crippen LogP contribution is 2.23. The summed E-state index contributed by atoms with van der Waals surface area (Å²) in [6, 6.07) is 14.6. The zero-order valence-corrected chi connectivity index (χ0v) is 17.1. The van der Waals surface area contributed by atoms with Crippen molar-refractivity contribution in [2.24, 2.45) is 0 Å². The van der Waals surface area contributed by atoms with Crippen LogP contribution in [0.4, 0.5) is 16.2 Å². The van der Waals surface area contributed by atoms with Crippen LogP contribution >= 0.6 is 0 Å². The average Bonchev–Trinajstić information content (AvgIpc) is 2.74. The Morgan fingerprint density at radius 1 is 0.966 bits per heavy atom. The first-order chi connectivity index (χ1) is 14.0. The number of ether oxygens (including phenoxy) is 2. The van der Waals surface area contributed by atoms with Gasteiger partial charge in [-0.25, -0.2) is 9.59 Å². The van der Waals surface area contributed by atoms with Gasteiger partial charge in [-0.2, -0.15) is 0 Å². The van der Waals surface area contributed by atoms with E-state index in [9.17, 15) is 9.59 Å². The second kappa shape index (κ2) is 9.32. The summed E-state index contributed by atoms with van der Waals surface area (Å²) in [5, 5.41) is 2.92. The van der Waals surface area contributed by atoms with Crippen molar-refractivity contribution < 1.29 is 19.1 Å². The second-order valence-electron chi connectivity index (χ2n) is 7.10. The molecule has 7 nitrogen and oxygen atoms in total. The van der Waals surface area contributed by atoms with Crippen LogP contribution in [0, 0.1) is 0 Å². The third kappa shape index (κ3) is 5.19. The van der Waals surface area contributed by atoms with Crippen molar-refractivity contribution in [1.29, 1.82) is 0 Å². The average molecular weight is 397 g/mol. The van der Waals surface area contributed by atoms with E-state index in [0.29, 0.717) is 31.7 Å². The van der Waals surface area contributed by atoms with Gasteiger partial charge in [0.05, 0.1) is 24.5 Å². The quantitative estimate of drug-likeness (QED) is 0.781. The lowest BCUT2D eigenvalue weighted by molar-refractivity contribution is 0.0601. The number of rotatable bonds is 5. The molecule has 1 fully saturated rings. The molecule has 7 heteroatoms. The predicted octanol–water partition coefficient (Wildman–Crippen LogP) is 3.61. The number of para-hydroxylation sites is 1. The van der Waals surface area contributed by atoms with E-state index in [0.717, 1.165) is 17.1 Å². The maximum absolute atomic E-state index is 12.6. The molecule has 1 aliphatic rings. The number of carbonyl (C=O) groups is 2. The van der Waals surface area contributed by atoms with Crippen LogP contribution in [0.5, 0.6) is 5.75 Å². The van der Waals surface area contributed by atoms with Gasteiger partial charge >= 0.3 is 12.0 Å². The third-order valence-electron chi connectivity index (χ3n) is 4.69. The largest absolute Gasteiger partial charge is 0.491 e. The molecule has 0 unspecified atom stereocenters. The fourth-order valence-corrected chi connectivity index (χ4v) is 3.27.